The van der Waals surface area contributed by atoms with Crippen molar-refractivity contribution in [3.8, 4) is 0 Å². The topological polar surface area (TPSA) is 55.4 Å². The van der Waals surface area contributed by atoms with Crippen LogP contribution in [0.3, 0.4) is 0 Å². The van der Waals surface area contributed by atoms with Gasteiger partial charge in [-0.05, 0) is 27.2 Å². The van der Waals surface area contributed by atoms with Gasteiger partial charge in [0.2, 0.25) is 5.91 Å². The molecule has 14 heavy (non-hydrogen) atoms. The summed E-state index contributed by atoms with van der Waals surface area (Å²) in [6.45, 7) is 7.33. The molecule has 1 fully saturated rings. The molecule has 0 aromatic heterocycles. The average molecular weight is 199 g/mol. The van der Waals surface area contributed by atoms with E-state index in [1.165, 1.54) is 0 Å². The molecule has 80 valence electrons. The molecule has 1 saturated heterocycles. The third kappa shape index (κ3) is 2.25. The molecule has 1 rings (SSSR count). The predicted octanol–water partition coefficient (Wildman–Crippen LogP) is 0.853. The van der Waals surface area contributed by atoms with E-state index in [0.29, 0.717) is 6.42 Å². The molecule has 0 aromatic carbocycles. The van der Waals surface area contributed by atoms with Gasteiger partial charge in [-0.25, -0.2) is 4.79 Å². The van der Waals surface area contributed by atoms with Gasteiger partial charge in [-0.1, -0.05) is 6.92 Å². The fourth-order valence-electron chi connectivity index (χ4n) is 1.43. The second kappa shape index (κ2) is 3.59. The van der Waals surface area contributed by atoms with Crippen molar-refractivity contribution in [1.29, 1.82) is 0 Å². The summed E-state index contributed by atoms with van der Waals surface area (Å²) >= 11 is 0. The first-order chi connectivity index (χ1) is 6.35. The van der Waals surface area contributed by atoms with E-state index in [0.717, 1.165) is 0 Å². The second-order valence-electron chi connectivity index (χ2n) is 4.53. The van der Waals surface area contributed by atoms with E-state index in [4.69, 9.17) is 4.74 Å². The van der Waals surface area contributed by atoms with Crippen LogP contribution in [-0.4, -0.2) is 23.5 Å². The van der Waals surface area contributed by atoms with Crippen molar-refractivity contribution in [2.24, 2.45) is 5.92 Å². The minimum absolute atomic E-state index is 0.0524. The number of carbonyl (C=O) groups is 2. The molecule has 1 heterocycles. The molecular formula is C10H17NO3. The third-order valence-electron chi connectivity index (χ3n) is 2.14. The van der Waals surface area contributed by atoms with Crippen LogP contribution >= 0.6 is 0 Å². The molecule has 0 aliphatic carbocycles. The number of hydrogen-bond acceptors (Lipinski definition) is 3. The highest BCUT2D eigenvalue weighted by atomic mass is 16.6. The van der Waals surface area contributed by atoms with E-state index in [-0.39, 0.29) is 17.8 Å². The fourth-order valence-corrected chi connectivity index (χ4v) is 1.43. The summed E-state index contributed by atoms with van der Waals surface area (Å²) in [6, 6.07) is -0.438. The van der Waals surface area contributed by atoms with Crippen molar-refractivity contribution in [1.82, 2.24) is 5.32 Å². The van der Waals surface area contributed by atoms with Crippen molar-refractivity contribution >= 4 is 11.9 Å². The first-order valence-electron chi connectivity index (χ1n) is 4.88. The van der Waals surface area contributed by atoms with E-state index >= 15 is 0 Å². The van der Waals surface area contributed by atoms with Crippen LogP contribution in [0.15, 0.2) is 0 Å². The summed E-state index contributed by atoms with van der Waals surface area (Å²) in [5.41, 5.74) is -0.490. The minimum Gasteiger partial charge on any atom is -0.458 e. The van der Waals surface area contributed by atoms with E-state index in [1.807, 2.05) is 27.7 Å². The number of nitrogens with one attached hydrogen (secondary N) is 1. The number of carbonyl (C=O) groups excluding carboxylic acids is 2. The summed E-state index contributed by atoms with van der Waals surface area (Å²) in [6.07, 6.45) is 0.676. The Morgan fingerprint density at radius 3 is 2.43 bits per heavy atom. The Balaban J connectivity index is 2.51. The smallest absolute Gasteiger partial charge is 0.329 e. The van der Waals surface area contributed by atoms with Crippen LogP contribution in [0, 0.1) is 5.92 Å². The second-order valence-corrected chi connectivity index (χ2v) is 4.53. The van der Waals surface area contributed by atoms with Gasteiger partial charge >= 0.3 is 5.97 Å². The monoisotopic (exact) mass is 199 g/mol. The number of esters is 1. The Morgan fingerprint density at radius 1 is 1.50 bits per heavy atom. The number of rotatable bonds is 2. The van der Waals surface area contributed by atoms with Crippen molar-refractivity contribution in [3.05, 3.63) is 0 Å². The third-order valence-corrected chi connectivity index (χ3v) is 2.14. The maximum absolute atomic E-state index is 11.5. The van der Waals surface area contributed by atoms with E-state index in [1.54, 1.807) is 0 Å². The van der Waals surface area contributed by atoms with Gasteiger partial charge in [0.15, 0.2) is 0 Å². The zero-order valence-electron chi connectivity index (χ0n) is 9.09. The van der Waals surface area contributed by atoms with Crippen molar-refractivity contribution < 1.29 is 14.3 Å². The van der Waals surface area contributed by atoms with Crippen LogP contribution in [0.4, 0.5) is 0 Å². The molecule has 1 aliphatic rings. The lowest BCUT2D eigenvalue weighted by Gasteiger charge is -2.35. The molecule has 0 saturated carbocycles. The normalized spacial score (nSPS) is 26.4. The average Bonchev–Trinajstić information content (AvgIpc) is 1.97. The Bertz CT molecular complexity index is 255. The summed E-state index contributed by atoms with van der Waals surface area (Å²) in [5, 5.41) is 2.55. The zero-order chi connectivity index (χ0) is 10.9. The minimum atomic E-state index is -0.490. The predicted molar refractivity (Wildman–Crippen MR) is 51.6 cm³/mol. The van der Waals surface area contributed by atoms with Crippen molar-refractivity contribution in [2.45, 2.75) is 45.8 Å². The molecule has 0 radical (unpaired) electrons. The molecule has 0 bridgehead atoms. The van der Waals surface area contributed by atoms with Crippen LogP contribution in [-0.2, 0) is 14.3 Å². The van der Waals surface area contributed by atoms with Gasteiger partial charge in [0.1, 0.15) is 11.6 Å². The highest BCUT2D eigenvalue weighted by Gasteiger charge is 2.44. The van der Waals surface area contributed by atoms with E-state index < -0.39 is 11.6 Å². The van der Waals surface area contributed by atoms with E-state index in [9.17, 15) is 9.59 Å². The summed E-state index contributed by atoms with van der Waals surface area (Å²) < 4.78 is 5.17. The van der Waals surface area contributed by atoms with Gasteiger partial charge in [0, 0.05) is 0 Å². The van der Waals surface area contributed by atoms with Gasteiger partial charge in [0.25, 0.3) is 0 Å². The lowest BCUT2D eigenvalue weighted by atomic mass is 9.88. The first-order valence-corrected chi connectivity index (χ1v) is 4.88. The van der Waals surface area contributed by atoms with Gasteiger partial charge in [0.05, 0.1) is 5.92 Å². The molecule has 4 nitrogen and oxygen atoms in total. The maximum Gasteiger partial charge on any atom is 0.329 e. The number of hydrogen-bond donors (Lipinski definition) is 1. The Kier molecular flexibility index (Phi) is 2.83. The Morgan fingerprint density at radius 2 is 2.07 bits per heavy atom. The van der Waals surface area contributed by atoms with Crippen molar-refractivity contribution in [2.75, 3.05) is 0 Å². The SMILES string of the molecule is CC[C@H]1C(=O)N[C@@H]1C(=O)OC(C)(C)C. The van der Waals surface area contributed by atoms with Crippen LogP contribution in [0.25, 0.3) is 0 Å². The van der Waals surface area contributed by atoms with Gasteiger partial charge in [-0.15, -0.1) is 0 Å². The number of amides is 1. The fraction of sp³-hybridized carbons (Fsp3) is 0.800. The summed E-state index contributed by atoms with van der Waals surface area (Å²) in [4.78, 5) is 22.5. The molecule has 1 N–H and O–H groups in total. The lowest BCUT2D eigenvalue weighted by molar-refractivity contribution is -0.167. The van der Waals surface area contributed by atoms with Crippen LogP contribution < -0.4 is 5.32 Å². The Labute approximate surface area is 84.0 Å². The number of β-lactam (4-membered cyclic amide) rings is 1. The van der Waals surface area contributed by atoms with Gasteiger partial charge in [-0.2, -0.15) is 0 Å². The summed E-state index contributed by atoms with van der Waals surface area (Å²) in [7, 11) is 0. The molecule has 1 aliphatic heterocycles. The van der Waals surface area contributed by atoms with Gasteiger partial charge < -0.3 is 10.1 Å². The van der Waals surface area contributed by atoms with E-state index in [2.05, 4.69) is 5.32 Å². The van der Waals surface area contributed by atoms with Crippen LogP contribution in [0.1, 0.15) is 34.1 Å². The van der Waals surface area contributed by atoms with Crippen LogP contribution in [0.2, 0.25) is 0 Å². The highest BCUT2D eigenvalue weighted by molar-refractivity contribution is 5.97. The first kappa shape index (κ1) is 11.0. The molecule has 2 atom stereocenters. The van der Waals surface area contributed by atoms with Crippen LogP contribution in [0.5, 0.6) is 0 Å². The zero-order valence-corrected chi connectivity index (χ0v) is 9.09. The largest absolute Gasteiger partial charge is 0.458 e. The molecule has 1 amide bonds. The summed E-state index contributed by atoms with van der Waals surface area (Å²) in [5.74, 6) is -0.586. The molecule has 0 unspecified atom stereocenters. The molecule has 4 heteroatoms. The van der Waals surface area contributed by atoms with Crippen molar-refractivity contribution in [3.63, 3.8) is 0 Å². The maximum atomic E-state index is 11.5. The number of ether oxygens (including phenoxy) is 1. The quantitative estimate of drug-likeness (QED) is 0.530. The molecule has 0 aromatic rings. The lowest BCUT2D eigenvalue weighted by Crippen LogP contribution is -2.62. The molecular weight excluding hydrogens is 182 g/mol. The standard InChI is InChI=1S/C10H17NO3/c1-5-6-7(11-8(6)12)9(13)14-10(2,3)4/h6-7H,5H2,1-4H3,(H,11,12)/t6-,7+/m1/s1. The Hall–Kier alpha value is -1.06. The molecule has 0 spiro atoms. The highest BCUT2D eigenvalue weighted by Crippen LogP contribution is 2.21. The van der Waals surface area contributed by atoms with Gasteiger partial charge in [-0.3, -0.25) is 4.79 Å².